The predicted molar refractivity (Wildman–Crippen MR) is 86.7 cm³/mol. The van der Waals surface area contributed by atoms with Gasteiger partial charge >= 0.3 is 0 Å². The molecule has 4 rings (SSSR count). The molecule has 0 radical (unpaired) electrons. The van der Waals surface area contributed by atoms with E-state index in [0.29, 0.717) is 5.95 Å². The number of benzene rings is 2. The van der Waals surface area contributed by atoms with Gasteiger partial charge < -0.3 is 4.98 Å². The Bertz CT molecular complexity index is 832. The second-order valence-corrected chi connectivity index (χ2v) is 6.00. The van der Waals surface area contributed by atoms with Crippen LogP contribution in [-0.4, -0.2) is 15.9 Å². The maximum atomic E-state index is 13.1. The monoisotopic (exact) mass is 309 g/mol. The quantitative estimate of drug-likeness (QED) is 0.774. The zero-order valence-electron chi connectivity index (χ0n) is 12.5. The molecule has 2 aromatic carbocycles. The Kier molecular flexibility index (Phi) is 3.15. The zero-order chi connectivity index (χ0) is 15.9. The average molecular weight is 309 g/mol. The first-order valence-corrected chi connectivity index (χ1v) is 7.70. The first kappa shape index (κ1) is 13.9. The van der Waals surface area contributed by atoms with Crippen molar-refractivity contribution < 1.29 is 9.18 Å². The van der Waals surface area contributed by atoms with Gasteiger partial charge in [-0.15, -0.1) is 0 Å². The molecule has 1 amide bonds. The minimum atomic E-state index is -0.577. The molecule has 4 nitrogen and oxygen atoms in total. The van der Waals surface area contributed by atoms with E-state index in [1.807, 2.05) is 24.3 Å². The molecular weight excluding hydrogens is 293 g/mol. The van der Waals surface area contributed by atoms with Crippen molar-refractivity contribution in [3.8, 4) is 0 Å². The number of nitrogens with zero attached hydrogens (tertiary/aromatic N) is 1. The number of rotatable bonds is 3. The van der Waals surface area contributed by atoms with Crippen LogP contribution in [0.3, 0.4) is 0 Å². The number of fused-ring (bicyclic) bond motifs is 1. The van der Waals surface area contributed by atoms with Crippen molar-refractivity contribution >= 4 is 22.9 Å². The number of amides is 1. The second kappa shape index (κ2) is 5.19. The van der Waals surface area contributed by atoms with Gasteiger partial charge in [-0.1, -0.05) is 30.7 Å². The van der Waals surface area contributed by atoms with Crippen LogP contribution in [0.1, 0.15) is 24.8 Å². The van der Waals surface area contributed by atoms with Crippen LogP contribution in [0.15, 0.2) is 48.5 Å². The molecule has 1 aromatic heterocycles. The van der Waals surface area contributed by atoms with E-state index < -0.39 is 5.41 Å². The van der Waals surface area contributed by atoms with E-state index in [0.717, 1.165) is 35.9 Å². The van der Waals surface area contributed by atoms with E-state index in [2.05, 4.69) is 15.3 Å². The standard InChI is InChI=1S/C18H16FN3O/c19-13-8-6-12(7-9-13)18(10-3-11-18)16(23)22-17-20-14-4-1-2-5-15(14)21-17/h1-2,4-9H,3,10-11H2,(H2,20,21,22,23). The number of carbonyl (C=O) groups is 1. The summed E-state index contributed by atoms with van der Waals surface area (Å²) in [6.45, 7) is 0. The molecule has 23 heavy (non-hydrogen) atoms. The highest BCUT2D eigenvalue weighted by Crippen LogP contribution is 2.44. The predicted octanol–water partition coefficient (Wildman–Crippen LogP) is 3.76. The van der Waals surface area contributed by atoms with Crippen LogP contribution in [-0.2, 0) is 10.2 Å². The lowest BCUT2D eigenvalue weighted by atomic mass is 9.64. The van der Waals surface area contributed by atoms with Gasteiger partial charge in [0, 0.05) is 0 Å². The van der Waals surface area contributed by atoms with Gasteiger partial charge in [-0.05, 0) is 42.7 Å². The van der Waals surface area contributed by atoms with Crippen molar-refractivity contribution in [3.63, 3.8) is 0 Å². The lowest BCUT2D eigenvalue weighted by molar-refractivity contribution is -0.124. The summed E-state index contributed by atoms with van der Waals surface area (Å²) in [5.74, 6) is 0.0694. The summed E-state index contributed by atoms with van der Waals surface area (Å²) in [6.07, 6.45) is 2.53. The molecule has 0 atom stereocenters. The summed E-state index contributed by atoms with van der Waals surface area (Å²) in [7, 11) is 0. The topological polar surface area (TPSA) is 57.8 Å². The van der Waals surface area contributed by atoms with E-state index in [9.17, 15) is 9.18 Å². The average Bonchev–Trinajstić information content (AvgIpc) is 2.90. The third kappa shape index (κ3) is 2.29. The molecule has 0 spiro atoms. The van der Waals surface area contributed by atoms with Crippen LogP contribution >= 0.6 is 0 Å². The van der Waals surface area contributed by atoms with Gasteiger partial charge in [0.05, 0.1) is 16.4 Å². The van der Waals surface area contributed by atoms with Crippen molar-refractivity contribution in [1.29, 1.82) is 0 Å². The number of nitrogens with one attached hydrogen (secondary N) is 2. The SMILES string of the molecule is O=C(Nc1nc2ccccc2[nH]1)C1(c2ccc(F)cc2)CCC1. The Morgan fingerprint density at radius 2 is 1.87 bits per heavy atom. The summed E-state index contributed by atoms with van der Waals surface area (Å²) in [4.78, 5) is 20.3. The summed E-state index contributed by atoms with van der Waals surface area (Å²) in [5.41, 5.74) is 1.98. The summed E-state index contributed by atoms with van der Waals surface area (Å²) < 4.78 is 13.1. The van der Waals surface area contributed by atoms with Crippen LogP contribution in [0, 0.1) is 5.82 Å². The molecule has 1 aliphatic rings. The Balaban J connectivity index is 1.62. The number of hydrogen-bond donors (Lipinski definition) is 2. The van der Waals surface area contributed by atoms with Gasteiger partial charge in [-0.2, -0.15) is 0 Å². The number of aromatic amines is 1. The van der Waals surface area contributed by atoms with Crippen LogP contribution < -0.4 is 5.32 Å². The fourth-order valence-electron chi connectivity index (χ4n) is 3.19. The highest BCUT2D eigenvalue weighted by molar-refractivity contribution is 5.99. The number of hydrogen-bond acceptors (Lipinski definition) is 2. The maximum Gasteiger partial charge on any atom is 0.237 e. The lowest BCUT2D eigenvalue weighted by Crippen LogP contribution is -2.46. The molecule has 1 heterocycles. The van der Waals surface area contributed by atoms with Crippen molar-refractivity contribution in [3.05, 3.63) is 59.9 Å². The molecule has 116 valence electrons. The van der Waals surface area contributed by atoms with Gasteiger partial charge in [-0.3, -0.25) is 10.1 Å². The van der Waals surface area contributed by atoms with E-state index in [1.165, 1.54) is 12.1 Å². The van der Waals surface area contributed by atoms with E-state index in [4.69, 9.17) is 0 Å². The van der Waals surface area contributed by atoms with Crippen molar-refractivity contribution in [1.82, 2.24) is 9.97 Å². The van der Waals surface area contributed by atoms with Crippen LogP contribution in [0.25, 0.3) is 11.0 Å². The number of halogens is 1. The number of H-pyrrole nitrogens is 1. The highest BCUT2D eigenvalue weighted by atomic mass is 19.1. The second-order valence-electron chi connectivity index (χ2n) is 6.00. The zero-order valence-corrected chi connectivity index (χ0v) is 12.5. The van der Waals surface area contributed by atoms with Gasteiger partial charge in [0.15, 0.2) is 0 Å². The van der Waals surface area contributed by atoms with E-state index in [1.54, 1.807) is 12.1 Å². The minimum Gasteiger partial charge on any atom is -0.324 e. The summed E-state index contributed by atoms with van der Waals surface area (Å²) >= 11 is 0. The van der Waals surface area contributed by atoms with Crippen molar-refractivity contribution in [2.24, 2.45) is 0 Å². The first-order valence-electron chi connectivity index (χ1n) is 7.70. The normalized spacial score (nSPS) is 16.0. The molecule has 1 saturated carbocycles. The van der Waals surface area contributed by atoms with Crippen LogP contribution in [0.4, 0.5) is 10.3 Å². The molecule has 2 N–H and O–H groups in total. The number of anilines is 1. The Labute approximate surface area is 132 Å². The molecule has 3 aromatic rings. The van der Waals surface area contributed by atoms with E-state index >= 15 is 0 Å². The molecule has 5 heteroatoms. The number of para-hydroxylation sites is 2. The van der Waals surface area contributed by atoms with Gasteiger partial charge in [-0.25, -0.2) is 9.37 Å². The van der Waals surface area contributed by atoms with E-state index in [-0.39, 0.29) is 11.7 Å². The highest BCUT2D eigenvalue weighted by Gasteiger charge is 2.45. The maximum absolute atomic E-state index is 13.1. The molecule has 1 aliphatic carbocycles. The molecule has 0 bridgehead atoms. The molecule has 0 aliphatic heterocycles. The van der Waals surface area contributed by atoms with Gasteiger partial charge in [0.1, 0.15) is 5.82 Å². The Hall–Kier alpha value is -2.69. The van der Waals surface area contributed by atoms with Gasteiger partial charge in [0.25, 0.3) is 0 Å². The van der Waals surface area contributed by atoms with Crippen LogP contribution in [0.5, 0.6) is 0 Å². The number of carbonyl (C=O) groups excluding carboxylic acids is 1. The fraction of sp³-hybridized carbons (Fsp3) is 0.222. The summed E-state index contributed by atoms with van der Waals surface area (Å²) in [5, 5.41) is 2.89. The lowest BCUT2D eigenvalue weighted by Gasteiger charge is -2.40. The third-order valence-electron chi connectivity index (χ3n) is 4.66. The largest absolute Gasteiger partial charge is 0.324 e. The Morgan fingerprint density at radius 3 is 2.52 bits per heavy atom. The number of imidazole rings is 1. The first-order chi connectivity index (χ1) is 11.2. The minimum absolute atomic E-state index is 0.0885. The van der Waals surface area contributed by atoms with Crippen molar-refractivity contribution in [2.75, 3.05) is 5.32 Å². The van der Waals surface area contributed by atoms with Crippen molar-refractivity contribution in [2.45, 2.75) is 24.7 Å². The molecule has 0 saturated heterocycles. The number of aromatic nitrogens is 2. The third-order valence-corrected chi connectivity index (χ3v) is 4.66. The summed E-state index contributed by atoms with van der Waals surface area (Å²) in [6, 6.07) is 13.8. The molecule has 1 fully saturated rings. The van der Waals surface area contributed by atoms with Crippen LogP contribution in [0.2, 0.25) is 0 Å². The fourth-order valence-corrected chi connectivity index (χ4v) is 3.19. The van der Waals surface area contributed by atoms with Gasteiger partial charge in [0.2, 0.25) is 11.9 Å². The Morgan fingerprint density at radius 1 is 1.13 bits per heavy atom. The molecule has 0 unspecified atom stereocenters. The smallest absolute Gasteiger partial charge is 0.237 e. The molecular formula is C18H16FN3O.